The number of H-pyrrole nitrogens is 1. The summed E-state index contributed by atoms with van der Waals surface area (Å²) in [5.41, 5.74) is 8.12. The van der Waals surface area contributed by atoms with Gasteiger partial charge >= 0.3 is 0 Å². The number of sulfonamides is 1. The smallest absolute Gasteiger partial charge is 0.263 e. The van der Waals surface area contributed by atoms with E-state index in [4.69, 9.17) is 5.73 Å². The maximum absolute atomic E-state index is 12.3. The number of nitrogens with one attached hydrogen (secondary N) is 2. The molecule has 0 atom stereocenters. The fraction of sp³-hybridized carbons (Fsp3) is 0.357. The van der Waals surface area contributed by atoms with Crippen molar-refractivity contribution >= 4 is 21.5 Å². The Morgan fingerprint density at radius 1 is 1.33 bits per heavy atom. The lowest BCUT2D eigenvalue weighted by atomic mass is 10.1. The molecule has 7 heteroatoms. The molecule has 0 spiro atoms. The summed E-state index contributed by atoms with van der Waals surface area (Å²) in [7, 11) is -3.69. The van der Waals surface area contributed by atoms with Gasteiger partial charge in [0.1, 0.15) is 0 Å². The third kappa shape index (κ3) is 3.36. The summed E-state index contributed by atoms with van der Waals surface area (Å²) in [6, 6.07) is 6.44. The highest BCUT2D eigenvalue weighted by atomic mass is 32.2. The summed E-state index contributed by atoms with van der Waals surface area (Å²) in [5.74, 6) is 0.520. The predicted molar refractivity (Wildman–Crippen MR) is 83.7 cm³/mol. The number of benzene rings is 1. The summed E-state index contributed by atoms with van der Waals surface area (Å²) in [6.45, 7) is 5.96. The van der Waals surface area contributed by atoms with Crippen LogP contribution in [0.15, 0.2) is 29.2 Å². The largest absolute Gasteiger partial charge is 0.398 e. The summed E-state index contributed by atoms with van der Waals surface area (Å²) < 4.78 is 27.1. The van der Waals surface area contributed by atoms with E-state index in [0.717, 1.165) is 17.7 Å². The van der Waals surface area contributed by atoms with Crippen LogP contribution in [-0.2, 0) is 16.4 Å². The second-order valence-electron chi connectivity index (χ2n) is 5.18. The van der Waals surface area contributed by atoms with Crippen molar-refractivity contribution in [2.24, 2.45) is 0 Å². The number of hydrogen-bond donors (Lipinski definition) is 3. The van der Waals surface area contributed by atoms with Crippen LogP contribution in [0.5, 0.6) is 0 Å². The third-order valence-electron chi connectivity index (χ3n) is 3.27. The third-order valence-corrected chi connectivity index (χ3v) is 4.62. The number of nitrogen functional groups attached to an aromatic ring is 1. The Kier molecular flexibility index (Phi) is 4.22. The molecule has 0 amide bonds. The number of aryl methyl sites for hydroxylation is 1. The van der Waals surface area contributed by atoms with Crippen LogP contribution in [0.4, 0.5) is 11.5 Å². The number of aromatic amines is 1. The second kappa shape index (κ2) is 5.77. The molecule has 1 aromatic heterocycles. The van der Waals surface area contributed by atoms with Gasteiger partial charge in [0.05, 0.1) is 4.90 Å². The van der Waals surface area contributed by atoms with Crippen molar-refractivity contribution in [3.05, 3.63) is 35.5 Å². The molecular weight excluding hydrogens is 288 g/mol. The highest BCUT2D eigenvalue weighted by molar-refractivity contribution is 7.92. The highest BCUT2D eigenvalue weighted by Crippen LogP contribution is 2.22. The minimum Gasteiger partial charge on any atom is -0.398 e. The predicted octanol–water partition coefficient (Wildman–Crippen LogP) is 2.48. The quantitative estimate of drug-likeness (QED) is 0.739. The Morgan fingerprint density at radius 3 is 2.57 bits per heavy atom. The zero-order chi connectivity index (χ0) is 15.6. The van der Waals surface area contributed by atoms with Crippen molar-refractivity contribution in [2.75, 3.05) is 10.5 Å². The molecule has 0 aliphatic carbocycles. The van der Waals surface area contributed by atoms with E-state index in [1.165, 1.54) is 6.07 Å². The molecule has 2 aromatic rings. The summed E-state index contributed by atoms with van der Waals surface area (Å²) >= 11 is 0. The van der Waals surface area contributed by atoms with Gasteiger partial charge in [-0.3, -0.25) is 9.82 Å². The van der Waals surface area contributed by atoms with E-state index >= 15 is 0 Å². The molecule has 0 bridgehead atoms. The molecule has 114 valence electrons. The SMILES string of the molecule is CCc1ccc(S(=O)(=O)Nc2cc(C(C)C)[nH]n2)cc1N. The zero-order valence-corrected chi connectivity index (χ0v) is 13.2. The van der Waals surface area contributed by atoms with Crippen LogP contribution in [-0.4, -0.2) is 18.6 Å². The second-order valence-corrected chi connectivity index (χ2v) is 6.87. The Labute approximate surface area is 124 Å². The van der Waals surface area contributed by atoms with Crippen LogP contribution in [0.3, 0.4) is 0 Å². The molecule has 4 N–H and O–H groups in total. The van der Waals surface area contributed by atoms with Crippen molar-refractivity contribution in [2.45, 2.75) is 38.0 Å². The number of anilines is 2. The number of nitrogens with two attached hydrogens (primary N) is 1. The van der Waals surface area contributed by atoms with Gasteiger partial charge in [-0.15, -0.1) is 0 Å². The molecule has 0 aliphatic rings. The molecule has 0 radical (unpaired) electrons. The number of hydrogen-bond acceptors (Lipinski definition) is 4. The average Bonchev–Trinajstić information content (AvgIpc) is 2.86. The van der Waals surface area contributed by atoms with Gasteiger partial charge in [0.25, 0.3) is 10.0 Å². The van der Waals surface area contributed by atoms with E-state index in [1.807, 2.05) is 20.8 Å². The molecule has 21 heavy (non-hydrogen) atoms. The van der Waals surface area contributed by atoms with E-state index in [-0.39, 0.29) is 16.6 Å². The fourth-order valence-electron chi connectivity index (χ4n) is 1.94. The van der Waals surface area contributed by atoms with Gasteiger partial charge in [0.2, 0.25) is 0 Å². The molecule has 1 aromatic carbocycles. The van der Waals surface area contributed by atoms with Gasteiger partial charge in [-0.1, -0.05) is 26.8 Å². The van der Waals surface area contributed by atoms with E-state index < -0.39 is 10.0 Å². The first-order chi connectivity index (χ1) is 9.83. The molecule has 1 heterocycles. The minimum atomic E-state index is -3.69. The molecule has 0 saturated heterocycles. The van der Waals surface area contributed by atoms with Crippen molar-refractivity contribution in [1.82, 2.24) is 10.2 Å². The summed E-state index contributed by atoms with van der Waals surface area (Å²) in [6.07, 6.45) is 0.761. The van der Waals surface area contributed by atoms with E-state index in [2.05, 4.69) is 14.9 Å². The van der Waals surface area contributed by atoms with Crippen LogP contribution in [0.1, 0.15) is 37.9 Å². The lowest BCUT2D eigenvalue weighted by Crippen LogP contribution is -2.13. The normalized spacial score (nSPS) is 11.8. The minimum absolute atomic E-state index is 0.131. The Balaban J connectivity index is 2.27. The fourth-order valence-corrected chi connectivity index (χ4v) is 2.97. The van der Waals surface area contributed by atoms with Crippen molar-refractivity contribution in [3.8, 4) is 0 Å². The van der Waals surface area contributed by atoms with Gasteiger partial charge in [-0.05, 0) is 30.0 Å². The Morgan fingerprint density at radius 2 is 2.05 bits per heavy atom. The molecule has 2 rings (SSSR count). The van der Waals surface area contributed by atoms with Gasteiger partial charge < -0.3 is 5.73 Å². The van der Waals surface area contributed by atoms with E-state index in [9.17, 15) is 8.42 Å². The topological polar surface area (TPSA) is 101 Å². The van der Waals surface area contributed by atoms with Crippen LogP contribution in [0, 0.1) is 0 Å². The van der Waals surface area contributed by atoms with Gasteiger partial charge in [0, 0.05) is 17.4 Å². The maximum atomic E-state index is 12.3. The first kappa shape index (κ1) is 15.4. The summed E-state index contributed by atoms with van der Waals surface area (Å²) in [5, 5.41) is 6.76. The lowest BCUT2D eigenvalue weighted by molar-refractivity contribution is 0.601. The average molecular weight is 308 g/mol. The first-order valence-electron chi connectivity index (χ1n) is 6.80. The van der Waals surface area contributed by atoms with Gasteiger partial charge in [0.15, 0.2) is 5.82 Å². The lowest BCUT2D eigenvalue weighted by Gasteiger charge is -2.08. The van der Waals surface area contributed by atoms with Crippen LogP contribution in [0.25, 0.3) is 0 Å². The van der Waals surface area contributed by atoms with Crippen LogP contribution < -0.4 is 10.5 Å². The van der Waals surface area contributed by atoms with E-state index in [0.29, 0.717) is 5.69 Å². The van der Waals surface area contributed by atoms with Gasteiger partial charge in [-0.2, -0.15) is 5.10 Å². The Hall–Kier alpha value is -2.02. The summed E-state index contributed by atoms with van der Waals surface area (Å²) in [4.78, 5) is 0.131. The van der Waals surface area contributed by atoms with Crippen molar-refractivity contribution in [1.29, 1.82) is 0 Å². The van der Waals surface area contributed by atoms with E-state index in [1.54, 1.807) is 18.2 Å². The number of aromatic nitrogens is 2. The van der Waals surface area contributed by atoms with Crippen molar-refractivity contribution < 1.29 is 8.42 Å². The molecule has 0 aliphatic heterocycles. The highest BCUT2D eigenvalue weighted by Gasteiger charge is 2.17. The Bertz CT molecular complexity index is 735. The maximum Gasteiger partial charge on any atom is 0.263 e. The molecule has 6 nitrogen and oxygen atoms in total. The number of rotatable bonds is 5. The molecule has 0 saturated carbocycles. The van der Waals surface area contributed by atoms with Gasteiger partial charge in [-0.25, -0.2) is 8.42 Å². The van der Waals surface area contributed by atoms with Crippen LogP contribution in [0.2, 0.25) is 0 Å². The molecular formula is C14H20N4O2S. The number of nitrogens with zero attached hydrogens (tertiary/aromatic N) is 1. The van der Waals surface area contributed by atoms with Crippen molar-refractivity contribution in [3.63, 3.8) is 0 Å². The standard InChI is InChI=1S/C14H20N4O2S/c1-4-10-5-6-11(7-12(10)15)21(19,20)18-14-8-13(9(2)3)16-17-14/h5-9H,4,15H2,1-3H3,(H2,16,17,18). The molecule has 0 unspecified atom stereocenters. The van der Waals surface area contributed by atoms with Crippen LogP contribution >= 0.6 is 0 Å². The monoisotopic (exact) mass is 308 g/mol. The zero-order valence-electron chi connectivity index (χ0n) is 12.3. The molecule has 0 fully saturated rings. The first-order valence-corrected chi connectivity index (χ1v) is 8.28.